The smallest absolute Gasteiger partial charge is 0.335 e. The third-order valence-corrected chi connectivity index (χ3v) is 13.3. The Morgan fingerprint density at radius 3 is 1.33 bits per heavy atom. The van der Waals surface area contributed by atoms with Gasteiger partial charge in [-0.25, -0.2) is 9.59 Å². The molecule has 6 aromatic rings. The summed E-state index contributed by atoms with van der Waals surface area (Å²) in [6.07, 6.45) is 0. The largest absolute Gasteiger partial charge is 0.505 e. The van der Waals surface area contributed by atoms with Gasteiger partial charge in [-0.05, 0) is 60.7 Å². The van der Waals surface area contributed by atoms with E-state index < -0.39 is 131 Å². The average Bonchev–Trinajstić information content (AvgIpc) is 3.19. The van der Waals surface area contributed by atoms with Gasteiger partial charge in [-0.3, -0.25) is 32.9 Å². The highest BCUT2D eigenvalue weighted by Gasteiger charge is 2.28. The van der Waals surface area contributed by atoms with Gasteiger partial charge in [-0.2, -0.15) is 42.1 Å². The molecule has 36 heteroatoms. The predicted octanol–water partition coefficient (Wildman–Crippen LogP) is 1.08. The SMILES string of the molecule is Nc1cc(C(=O)O)cc(C(=O)O)c1.Nc1cc(S(=O)(=O)O)c2cc(S(=O)(=O)O)c(N)c(O)c2c1N.Nc1ccc(S(=O)(=O)O)cc1[N+](=O)[O-].Nc1ccc2c(O)c(N)c(S(=O)(=O)O)cc2c1S(=O)(=O)O. The van der Waals surface area contributed by atoms with Crippen LogP contribution in [0.1, 0.15) is 20.7 Å². The van der Waals surface area contributed by atoms with Gasteiger partial charge in [0.1, 0.15) is 41.7 Å². The van der Waals surface area contributed by atoms with Gasteiger partial charge in [0.15, 0.2) is 0 Å². The average molecular weight is 1080 g/mol. The number of carboxylic acid groups (broad SMARTS) is 2. The van der Waals surface area contributed by atoms with Crippen LogP contribution in [-0.4, -0.2) is 102 Å². The highest BCUT2D eigenvalue weighted by molar-refractivity contribution is 7.87. The Hall–Kier alpha value is -8.07. The van der Waals surface area contributed by atoms with Crippen LogP contribution in [0.25, 0.3) is 21.5 Å². The van der Waals surface area contributed by atoms with Gasteiger partial charge in [0.05, 0.1) is 49.9 Å². The molecule has 0 aliphatic rings. The van der Waals surface area contributed by atoms with Crippen LogP contribution in [-0.2, 0) is 50.6 Å². The lowest BCUT2D eigenvalue weighted by Gasteiger charge is -2.14. The van der Waals surface area contributed by atoms with Crippen molar-refractivity contribution in [3.05, 3.63) is 88.0 Å². The number of carbonyl (C=O) groups is 2. The lowest BCUT2D eigenvalue weighted by molar-refractivity contribution is -0.384. The number of rotatable bonds is 8. The van der Waals surface area contributed by atoms with Crippen molar-refractivity contribution in [2.75, 3.05) is 40.1 Å². The summed E-state index contributed by atoms with van der Waals surface area (Å²) >= 11 is 0. The van der Waals surface area contributed by atoms with Crippen molar-refractivity contribution in [3.63, 3.8) is 0 Å². The maximum atomic E-state index is 11.4. The summed E-state index contributed by atoms with van der Waals surface area (Å²) in [5, 5.41) is 46.0. The van der Waals surface area contributed by atoms with Crippen LogP contribution in [0.2, 0.25) is 0 Å². The topological polar surface area (TPSA) is 612 Å². The normalized spacial score (nSPS) is 11.8. The van der Waals surface area contributed by atoms with Gasteiger partial charge in [0.25, 0.3) is 56.3 Å². The number of aromatic hydroxyl groups is 2. The molecule has 31 nitrogen and oxygen atoms in total. The Labute approximate surface area is 391 Å². The van der Waals surface area contributed by atoms with Crippen molar-refractivity contribution in [2.45, 2.75) is 24.5 Å². The minimum absolute atomic E-state index is 0.123. The summed E-state index contributed by atoms with van der Waals surface area (Å²) in [4.78, 5) is 26.5. The molecule has 0 aromatic heterocycles. The van der Waals surface area contributed by atoms with Crippen molar-refractivity contribution in [1.29, 1.82) is 0 Å². The van der Waals surface area contributed by atoms with Crippen LogP contribution in [0.15, 0.2) is 91.2 Å². The molecule has 0 saturated carbocycles. The minimum Gasteiger partial charge on any atom is -0.505 e. The van der Waals surface area contributed by atoms with E-state index >= 15 is 0 Å². The van der Waals surface area contributed by atoms with E-state index in [0.717, 1.165) is 30.3 Å². The number of carboxylic acids is 2. The van der Waals surface area contributed by atoms with Crippen molar-refractivity contribution in [2.24, 2.45) is 0 Å². The molecule has 0 fully saturated rings. The van der Waals surface area contributed by atoms with Crippen molar-refractivity contribution < 1.29 is 99.8 Å². The molecule has 0 bridgehead atoms. The van der Waals surface area contributed by atoms with E-state index in [1.165, 1.54) is 18.2 Å². The third-order valence-electron chi connectivity index (χ3n) is 8.75. The lowest BCUT2D eigenvalue weighted by atomic mass is 10.1. The van der Waals surface area contributed by atoms with Crippen LogP contribution in [0.4, 0.5) is 45.5 Å². The fraction of sp³-hybridized carbons (Fsp3) is 0. The van der Waals surface area contributed by atoms with E-state index in [1.807, 2.05) is 0 Å². The number of phenols is 2. The second-order valence-electron chi connectivity index (χ2n) is 13.5. The third kappa shape index (κ3) is 12.7. The quantitative estimate of drug-likeness (QED) is 0.0333. The van der Waals surface area contributed by atoms with Gasteiger partial charge in [0, 0.05) is 27.9 Å². The first-order valence-corrected chi connectivity index (χ1v) is 24.6. The van der Waals surface area contributed by atoms with E-state index in [-0.39, 0.29) is 50.3 Å². The number of aromatic carboxylic acids is 2. The molecule has 0 radical (unpaired) electrons. The van der Waals surface area contributed by atoms with Gasteiger partial charge in [-0.15, -0.1) is 0 Å². The zero-order valence-corrected chi connectivity index (χ0v) is 38.2. The standard InChI is InChI=1S/C10H11N3O7S2.C10H10N2O7S2.C8H7NO4.C6H6N2O5S/c11-4-2-5(21(15,16)17)3-1-6(22(18,19)20)9(13)10(14)7(3)8(4)12;11-6-2-1-4-5(10(6)21(17,18)19)3-7(20(14,15)16)8(12)9(4)13;9-6-2-4(7(10)11)1-5(3-6)8(12)13;7-5-2-1-4(14(11,12)13)3-6(5)8(9)10/h1-2,14H,11-13H2,(H,15,16,17)(H,18,19,20);1-3,13H,11-12H2,(H,14,15,16)(H,17,18,19);1-3H,9H2,(H,10,11)(H,12,13);1-3H,7H2,(H,11,12,13). The number of nitrogens with zero attached hydrogens (tertiary/aromatic N) is 1. The predicted molar refractivity (Wildman–Crippen MR) is 245 cm³/mol. The zero-order valence-electron chi connectivity index (χ0n) is 34.1. The molecule has 0 saturated heterocycles. The molecule has 23 N–H and O–H groups in total. The summed E-state index contributed by atoms with van der Waals surface area (Å²) < 4.78 is 157. The van der Waals surface area contributed by atoms with Gasteiger partial charge < -0.3 is 60.6 Å². The van der Waals surface area contributed by atoms with Crippen LogP contribution in [0.3, 0.4) is 0 Å². The summed E-state index contributed by atoms with van der Waals surface area (Å²) in [5.74, 6) is -4.05. The summed E-state index contributed by atoms with van der Waals surface area (Å²) in [6.45, 7) is 0. The molecule has 0 aliphatic heterocycles. The minimum atomic E-state index is -4.87. The summed E-state index contributed by atoms with van der Waals surface area (Å²) in [6, 6.07) is 10.6. The first-order chi connectivity index (χ1) is 31.6. The number of benzene rings is 6. The highest BCUT2D eigenvalue weighted by Crippen LogP contribution is 2.44. The van der Waals surface area contributed by atoms with Crippen LogP contribution >= 0.6 is 0 Å². The maximum Gasteiger partial charge on any atom is 0.335 e. The monoisotopic (exact) mass is 1080 g/mol. The number of nitro benzene ring substituents is 1. The molecule has 6 rings (SSSR count). The van der Waals surface area contributed by atoms with Crippen molar-refractivity contribution in [1.82, 2.24) is 0 Å². The van der Waals surface area contributed by atoms with Gasteiger partial charge >= 0.3 is 11.9 Å². The molecule has 0 heterocycles. The fourth-order valence-electron chi connectivity index (χ4n) is 5.67. The second-order valence-corrected chi connectivity index (χ2v) is 20.4. The molecular weight excluding hydrogens is 1050 g/mol. The molecule has 70 heavy (non-hydrogen) atoms. The molecule has 0 aliphatic carbocycles. The van der Waals surface area contributed by atoms with Gasteiger partial charge in [0.2, 0.25) is 0 Å². The number of nitrogens with two attached hydrogens (primary N) is 7. The number of nitro groups is 1. The van der Waals surface area contributed by atoms with Crippen LogP contribution in [0, 0.1) is 10.1 Å². The Morgan fingerprint density at radius 1 is 0.471 bits per heavy atom. The number of hydrogen-bond donors (Lipinski definition) is 16. The van der Waals surface area contributed by atoms with Crippen molar-refractivity contribution in [3.8, 4) is 11.5 Å². The Bertz CT molecular complexity index is 3750. The molecule has 0 atom stereocenters. The van der Waals surface area contributed by atoms with Crippen molar-refractivity contribution >= 4 is 130 Å². The first kappa shape index (κ1) is 56.3. The van der Waals surface area contributed by atoms with E-state index in [1.54, 1.807) is 0 Å². The Kier molecular flexibility index (Phi) is 16.0. The van der Waals surface area contributed by atoms with E-state index in [4.69, 9.17) is 64.0 Å². The molecule has 0 spiro atoms. The summed E-state index contributed by atoms with van der Waals surface area (Å²) in [5.41, 5.74) is 34.8. The Morgan fingerprint density at radius 2 is 0.914 bits per heavy atom. The number of fused-ring (bicyclic) bond motifs is 2. The van der Waals surface area contributed by atoms with E-state index in [9.17, 15) is 81.1 Å². The number of hydrogen-bond acceptors (Lipinski definition) is 23. The number of anilines is 7. The van der Waals surface area contributed by atoms with E-state index in [0.29, 0.717) is 18.2 Å². The molecule has 0 amide bonds. The zero-order chi connectivity index (χ0) is 54.1. The lowest BCUT2D eigenvalue weighted by Crippen LogP contribution is -2.08. The van der Waals surface area contributed by atoms with Crippen LogP contribution < -0.4 is 40.1 Å². The number of nitrogen functional groups attached to an aromatic ring is 7. The first-order valence-electron chi connectivity index (χ1n) is 17.4. The highest BCUT2D eigenvalue weighted by atomic mass is 32.2. The van der Waals surface area contributed by atoms with Crippen LogP contribution in [0.5, 0.6) is 11.5 Å². The molecule has 0 unspecified atom stereocenters. The summed E-state index contributed by atoms with van der Waals surface area (Å²) in [7, 11) is -23.8. The fourth-order valence-corrected chi connectivity index (χ4v) is 8.98. The molecule has 6 aromatic carbocycles. The number of phenolic OH excluding ortho intramolecular Hbond substituents is 2. The second kappa shape index (κ2) is 19.9. The van der Waals surface area contributed by atoms with E-state index in [2.05, 4.69) is 0 Å². The Balaban J connectivity index is 0.000000253. The maximum absolute atomic E-state index is 11.4. The molecule has 378 valence electrons. The van der Waals surface area contributed by atoms with Gasteiger partial charge in [-0.1, -0.05) is 0 Å². The molecular formula is C34H34N8O23S5.